The highest BCUT2D eigenvalue weighted by Crippen LogP contribution is 2.36. The Morgan fingerprint density at radius 2 is 1.84 bits per heavy atom. The van der Waals surface area contributed by atoms with Crippen molar-refractivity contribution in [1.82, 2.24) is 9.97 Å². The third-order valence-corrected chi connectivity index (χ3v) is 6.51. The molecule has 2 fully saturated rings. The van der Waals surface area contributed by atoms with Crippen LogP contribution in [0.4, 0.5) is 13.2 Å². The molecule has 0 aromatic carbocycles. The summed E-state index contributed by atoms with van der Waals surface area (Å²) in [4.78, 5) is 36.4. The molecule has 2 aliphatic rings. The normalized spacial score (nSPS) is 20.5. The number of H-pyrrole nitrogens is 1. The number of hydrogen-bond donors (Lipinski definition) is 1. The van der Waals surface area contributed by atoms with Gasteiger partial charge in [-0.15, -0.1) is 0 Å². The van der Waals surface area contributed by atoms with Crippen LogP contribution in [0.5, 0.6) is 6.01 Å². The lowest BCUT2D eigenvalue weighted by Crippen LogP contribution is -2.28. The first-order valence-corrected chi connectivity index (χ1v) is 11.2. The van der Waals surface area contributed by atoms with Crippen LogP contribution in [0.25, 0.3) is 11.1 Å². The van der Waals surface area contributed by atoms with E-state index in [0.29, 0.717) is 23.6 Å². The molecule has 0 unspecified atom stereocenters. The maximum absolute atomic E-state index is 12.8. The summed E-state index contributed by atoms with van der Waals surface area (Å²) in [5, 5.41) is 4.07. The number of nitrogens with zero attached hydrogens (tertiary/aromatic N) is 2. The molecule has 2 aromatic rings. The van der Waals surface area contributed by atoms with E-state index in [-0.39, 0.29) is 42.8 Å². The number of nitrogens with one attached hydrogen (secondary N) is 1. The molecule has 7 nitrogen and oxygen atoms in total. The minimum atomic E-state index is -4.20. The smallest absolute Gasteiger partial charge is 0.391 e. The largest absolute Gasteiger partial charge is 0.403 e. The summed E-state index contributed by atoms with van der Waals surface area (Å²) in [5.41, 5.74) is -0.170. The molecule has 0 radical (unpaired) electrons. The molecule has 2 aromatic heterocycles. The van der Waals surface area contributed by atoms with Gasteiger partial charge in [0.25, 0.3) is 5.56 Å². The Balaban J connectivity index is 1.49. The van der Waals surface area contributed by atoms with E-state index in [1.54, 1.807) is 0 Å². The van der Waals surface area contributed by atoms with Crippen LogP contribution in [-0.4, -0.2) is 21.9 Å². The van der Waals surface area contributed by atoms with E-state index in [0.717, 1.165) is 19.3 Å². The van der Waals surface area contributed by atoms with Gasteiger partial charge in [0.2, 0.25) is 5.71 Å². The maximum Gasteiger partial charge on any atom is 0.391 e. The number of aryl methyl sites for hydroxylation is 1. The highest BCUT2D eigenvalue weighted by Gasteiger charge is 2.40. The van der Waals surface area contributed by atoms with Crippen LogP contribution >= 0.6 is 0 Å². The van der Waals surface area contributed by atoms with Gasteiger partial charge in [-0.05, 0) is 50.0 Å². The number of aromatic amines is 1. The van der Waals surface area contributed by atoms with Crippen LogP contribution in [-0.2, 0) is 6.42 Å². The van der Waals surface area contributed by atoms with Gasteiger partial charge in [-0.1, -0.05) is 37.3 Å². The Hall–Kier alpha value is -2.65. The quantitative estimate of drug-likeness (QED) is 0.651. The fourth-order valence-electron chi connectivity index (χ4n) is 4.68. The van der Waals surface area contributed by atoms with E-state index in [1.165, 1.54) is 25.3 Å². The molecule has 2 heterocycles. The lowest BCUT2D eigenvalue weighted by molar-refractivity contribution is -0.178. The fourth-order valence-corrected chi connectivity index (χ4v) is 4.68. The molecule has 0 atom stereocenters. The van der Waals surface area contributed by atoms with E-state index in [2.05, 4.69) is 15.1 Å². The van der Waals surface area contributed by atoms with Gasteiger partial charge in [-0.25, -0.2) is 4.79 Å². The molecule has 1 N–H and O–H groups in total. The van der Waals surface area contributed by atoms with Crippen LogP contribution in [0.15, 0.2) is 25.2 Å². The van der Waals surface area contributed by atoms with E-state index in [4.69, 9.17) is 9.25 Å². The molecule has 10 heteroatoms. The first-order valence-electron chi connectivity index (χ1n) is 11.2. The van der Waals surface area contributed by atoms with E-state index >= 15 is 0 Å². The second kappa shape index (κ2) is 9.46. The zero-order valence-electron chi connectivity index (χ0n) is 17.7. The van der Waals surface area contributed by atoms with Crippen LogP contribution < -0.4 is 16.0 Å². The van der Waals surface area contributed by atoms with Gasteiger partial charge in [0.05, 0.1) is 11.6 Å². The Morgan fingerprint density at radius 1 is 1.12 bits per heavy atom. The van der Waals surface area contributed by atoms with Crippen molar-refractivity contribution < 1.29 is 22.4 Å². The van der Waals surface area contributed by atoms with Crippen molar-refractivity contribution in [3.8, 4) is 6.01 Å². The zero-order valence-corrected chi connectivity index (χ0v) is 17.7. The lowest BCUT2D eigenvalue weighted by Gasteiger charge is -2.24. The molecule has 0 aliphatic heterocycles. The molecule has 32 heavy (non-hydrogen) atoms. The number of alkyl halides is 3. The lowest BCUT2D eigenvalue weighted by atomic mass is 9.85. The summed E-state index contributed by atoms with van der Waals surface area (Å²) in [6, 6.07) is 1.07. The zero-order chi connectivity index (χ0) is 22.7. The molecule has 4 rings (SSSR count). The standard InChI is InChI=1S/C22H26F3N3O4/c23-22(24,25)15-8-10-16(11-9-15)28-32-21-26-19(30)18-14(12-17(29)31-20(18)27-21)7-6-13-4-2-1-3-5-13/h12-13,15H,1-11H2,(H,26,27,30). The average molecular weight is 453 g/mol. The van der Waals surface area contributed by atoms with Crippen molar-refractivity contribution in [3.63, 3.8) is 0 Å². The van der Waals surface area contributed by atoms with Crippen molar-refractivity contribution in [3.05, 3.63) is 32.4 Å². The predicted molar refractivity (Wildman–Crippen MR) is 112 cm³/mol. The first kappa shape index (κ1) is 22.5. The maximum atomic E-state index is 12.8. The SMILES string of the molecule is O=c1cc(CCC2CCCCC2)c2c(=O)[nH]c(ON=C3CCC(C(F)(F)F)CC3)nc2o1. The topological polar surface area (TPSA) is 97.5 Å². The number of halogens is 3. The van der Waals surface area contributed by atoms with Crippen LogP contribution in [0, 0.1) is 11.8 Å². The monoisotopic (exact) mass is 453 g/mol. The molecule has 0 amide bonds. The van der Waals surface area contributed by atoms with Crippen molar-refractivity contribution >= 4 is 16.8 Å². The van der Waals surface area contributed by atoms with Gasteiger partial charge < -0.3 is 9.25 Å². The summed E-state index contributed by atoms with van der Waals surface area (Å²) in [7, 11) is 0. The minimum Gasteiger partial charge on any atom is -0.403 e. The van der Waals surface area contributed by atoms with Crippen molar-refractivity contribution in [2.45, 2.75) is 76.8 Å². The Bertz CT molecular complexity index is 1090. The number of fused-ring (bicyclic) bond motifs is 1. The van der Waals surface area contributed by atoms with E-state index in [9.17, 15) is 22.8 Å². The number of aromatic nitrogens is 2. The first-order chi connectivity index (χ1) is 15.3. The molecule has 2 aliphatic carbocycles. The summed E-state index contributed by atoms with van der Waals surface area (Å²) >= 11 is 0. The number of rotatable bonds is 5. The molecule has 174 valence electrons. The average Bonchev–Trinajstić information content (AvgIpc) is 2.76. The fraction of sp³-hybridized carbons (Fsp3) is 0.636. The van der Waals surface area contributed by atoms with Crippen molar-refractivity contribution in [1.29, 1.82) is 0 Å². The van der Waals surface area contributed by atoms with E-state index < -0.39 is 23.3 Å². The minimum absolute atomic E-state index is 0.0490. The van der Waals surface area contributed by atoms with Crippen LogP contribution in [0.1, 0.15) is 69.8 Å². The summed E-state index contributed by atoms with van der Waals surface area (Å²) in [5.74, 6) is -0.745. The predicted octanol–water partition coefficient (Wildman–Crippen LogP) is 4.88. The number of hydrogen-bond acceptors (Lipinski definition) is 6. The Kier molecular flexibility index (Phi) is 6.66. The van der Waals surface area contributed by atoms with Gasteiger partial charge in [0.15, 0.2) is 0 Å². The molecule has 0 saturated heterocycles. The van der Waals surface area contributed by atoms with Gasteiger partial charge >= 0.3 is 17.8 Å². The third-order valence-electron chi connectivity index (χ3n) is 6.51. The Labute approximate surface area is 182 Å². The van der Waals surface area contributed by atoms with Gasteiger partial charge in [0.1, 0.15) is 5.39 Å². The van der Waals surface area contributed by atoms with Gasteiger partial charge in [0, 0.05) is 6.07 Å². The number of oxime groups is 1. The second-order valence-corrected chi connectivity index (χ2v) is 8.75. The van der Waals surface area contributed by atoms with Crippen molar-refractivity contribution in [2.75, 3.05) is 0 Å². The summed E-state index contributed by atoms with van der Waals surface area (Å²) in [6.45, 7) is 0. The molecular formula is C22H26F3N3O4. The molecule has 0 bridgehead atoms. The van der Waals surface area contributed by atoms with Gasteiger partial charge in [-0.3, -0.25) is 9.78 Å². The Morgan fingerprint density at radius 3 is 2.53 bits per heavy atom. The summed E-state index contributed by atoms with van der Waals surface area (Å²) in [6.07, 6.45) is 3.49. The summed E-state index contributed by atoms with van der Waals surface area (Å²) < 4.78 is 43.5. The second-order valence-electron chi connectivity index (χ2n) is 8.75. The van der Waals surface area contributed by atoms with Crippen molar-refractivity contribution in [2.24, 2.45) is 17.0 Å². The molecular weight excluding hydrogens is 427 g/mol. The molecule has 2 saturated carbocycles. The van der Waals surface area contributed by atoms with Crippen LogP contribution in [0.3, 0.4) is 0 Å². The third kappa shape index (κ3) is 5.39. The molecule has 0 spiro atoms. The van der Waals surface area contributed by atoms with Crippen LogP contribution in [0.2, 0.25) is 0 Å². The van der Waals surface area contributed by atoms with Gasteiger partial charge in [-0.2, -0.15) is 18.2 Å². The highest BCUT2D eigenvalue weighted by atomic mass is 19.4. The van der Waals surface area contributed by atoms with E-state index in [1.807, 2.05) is 0 Å². The highest BCUT2D eigenvalue weighted by molar-refractivity contribution is 5.84.